The number of aromatic hydroxyl groups is 4. The molecule has 4 nitrogen and oxygen atoms in total. The third-order valence-corrected chi connectivity index (χ3v) is 5.05. The molecule has 0 bridgehead atoms. The van der Waals surface area contributed by atoms with E-state index >= 15 is 0 Å². The van der Waals surface area contributed by atoms with Crippen LogP contribution in [0.3, 0.4) is 0 Å². The van der Waals surface area contributed by atoms with Crippen LogP contribution >= 0.6 is 31.9 Å². The van der Waals surface area contributed by atoms with Crippen molar-refractivity contribution in [3.8, 4) is 23.0 Å². The molecule has 0 aliphatic heterocycles. The summed E-state index contributed by atoms with van der Waals surface area (Å²) >= 11 is 6.44. The largest absolute Gasteiger partial charge is 0.508 e. The lowest BCUT2D eigenvalue weighted by atomic mass is 10.1. The van der Waals surface area contributed by atoms with E-state index in [4.69, 9.17) is 0 Å². The zero-order valence-corrected chi connectivity index (χ0v) is 16.5. The van der Waals surface area contributed by atoms with E-state index in [0.29, 0.717) is 8.95 Å². The van der Waals surface area contributed by atoms with Crippen LogP contribution in [0.15, 0.2) is 69.6 Å². The lowest BCUT2D eigenvalue weighted by molar-refractivity contribution is 0.471. The maximum absolute atomic E-state index is 9.38. The second-order valence-corrected chi connectivity index (χ2v) is 7.38. The Balaban J connectivity index is 0.000000151. The van der Waals surface area contributed by atoms with E-state index in [1.807, 2.05) is 12.1 Å². The van der Waals surface area contributed by atoms with Gasteiger partial charge in [0.2, 0.25) is 0 Å². The number of halogens is 2. The number of rotatable bonds is 0. The molecule has 0 unspecified atom stereocenters. The predicted molar refractivity (Wildman–Crippen MR) is 110 cm³/mol. The SMILES string of the molecule is Oc1ccc2cc(Br)c(O)cc2c1.Oc1ccc2cc(Br)c(O)cc2c1. The van der Waals surface area contributed by atoms with E-state index in [2.05, 4.69) is 31.9 Å². The topological polar surface area (TPSA) is 80.9 Å². The third kappa shape index (κ3) is 4.03. The molecule has 0 amide bonds. The highest BCUT2D eigenvalue weighted by Crippen LogP contribution is 2.31. The molecule has 0 fully saturated rings. The fourth-order valence-electron chi connectivity index (χ4n) is 2.49. The number of phenols is 4. The summed E-state index contributed by atoms with van der Waals surface area (Å²) in [7, 11) is 0. The Morgan fingerprint density at radius 3 is 1.23 bits per heavy atom. The van der Waals surface area contributed by atoms with Gasteiger partial charge in [0.15, 0.2) is 0 Å². The number of benzene rings is 4. The van der Waals surface area contributed by atoms with Crippen molar-refractivity contribution in [2.75, 3.05) is 0 Å². The van der Waals surface area contributed by atoms with Crippen LogP contribution in [0.1, 0.15) is 0 Å². The molecule has 4 N–H and O–H groups in total. The molecule has 4 rings (SSSR count). The summed E-state index contributed by atoms with van der Waals surface area (Å²) in [6.45, 7) is 0. The Hall–Kier alpha value is -2.44. The lowest BCUT2D eigenvalue weighted by Crippen LogP contribution is -1.74. The molecule has 4 aromatic rings. The minimum Gasteiger partial charge on any atom is -0.508 e. The molecule has 4 aromatic carbocycles. The molecule has 0 spiro atoms. The van der Waals surface area contributed by atoms with Gasteiger partial charge < -0.3 is 20.4 Å². The number of hydrogen-bond donors (Lipinski definition) is 4. The van der Waals surface area contributed by atoms with Gasteiger partial charge in [-0.25, -0.2) is 0 Å². The Kier molecular flexibility index (Phi) is 5.25. The first kappa shape index (κ1) is 18.4. The molecule has 0 atom stereocenters. The average molecular weight is 478 g/mol. The minimum atomic E-state index is 0.179. The van der Waals surface area contributed by atoms with Gasteiger partial charge in [0, 0.05) is 0 Å². The van der Waals surface area contributed by atoms with Crippen LogP contribution in [0.25, 0.3) is 21.5 Å². The van der Waals surface area contributed by atoms with Crippen LogP contribution in [-0.2, 0) is 0 Å². The minimum absolute atomic E-state index is 0.179. The molecule has 0 saturated carbocycles. The van der Waals surface area contributed by atoms with Crippen LogP contribution in [0.2, 0.25) is 0 Å². The van der Waals surface area contributed by atoms with Crippen molar-refractivity contribution >= 4 is 53.4 Å². The summed E-state index contributed by atoms with van der Waals surface area (Å²) in [6.07, 6.45) is 0. The van der Waals surface area contributed by atoms with Crippen molar-refractivity contribution in [1.82, 2.24) is 0 Å². The summed E-state index contributed by atoms with van der Waals surface area (Å²) in [5.41, 5.74) is 0. The highest BCUT2D eigenvalue weighted by molar-refractivity contribution is 9.10. The maximum Gasteiger partial charge on any atom is 0.130 e. The van der Waals surface area contributed by atoms with Crippen LogP contribution < -0.4 is 0 Å². The van der Waals surface area contributed by atoms with E-state index in [-0.39, 0.29) is 23.0 Å². The van der Waals surface area contributed by atoms with Gasteiger partial charge in [0.25, 0.3) is 0 Å². The third-order valence-electron chi connectivity index (χ3n) is 3.78. The van der Waals surface area contributed by atoms with Gasteiger partial charge in [-0.2, -0.15) is 0 Å². The van der Waals surface area contributed by atoms with Crippen LogP contribution in [0.4, 0.5) is 0 Å². The lowest BCUT2D eigenvalue weighted by Gasteiger charge is -2.01. The number of hydrogen-bond acceptors (Lipinski definition) is 4. The monoisotopic (exact) mass is 476 g/mol. The molecule has 0 radical (unpaired) electrons. The first-order chi connectivity index (χ1) is 12.3. The van der Waals surface area contributed by atoms with Crippen molar-refractivity contribution in [2.45, 2.75) is 0 Å². The van der Waals surface area contributed by atoms with Crippen molar-refractivity contribution in [3.63, 3.8) is 0 Å². The summed E-state index contributed by atoms with van der Waals surface area (Å²) in [4.78, 5) is 0. The van der Waals surface area contributed by atoms with Crippen LogP contribution in [-0.4, -0.2) is 20.4 Å². The smallest absolute Gasteiger partial charge is 0.130 e. The van der Waals surface area contributed by atoms with Crippen molar-refractivity contribution in [1.29, 1.82) is 0 Å². The molecule has 6 heteroatoms. The maximum atomic E-state index is 9.38. The molecular weight excluding hydrogens is 464 g/mol. The Bertz CT molecular complexity index is 1020. The molecule has 0 heterocycles. The normalized spacial score (nSPS) is 10.5. The summed E-state index contributed by atoms with van der Waals surface area (Å²) in [5, 5.41) is 40.7. The molecule has 0 aliphatic rings. The Morgan fingerprint density at radius 1 is 0.462 bits per heavy atom. The standard InChI is InChI=1S/2C10H7BrO2/c2*11-9-4-6-1-2-8(12)3-7(6)5-10(9)13/h2*1-5,12-13H. The molecular formula is C20H14Br2O4. The fraction of sp³-hybridized carbons (Fsp3) is 0. The van der Waals surface area contributed by atoms with Crippen LogP contribution in [0, 0.1) is 0 Å². The number of fused-ring (bicyclic) bond motifs is 2. The van der Waals surface area contributed by atoms with E-state index in [1.165, 1.54) is 0 Å². The number of phenolic OH excluding ortho intramolecular Hbond substituents is 4. The van der Waals surface area contributed by atoms with Crippen LogP contribution in [0.5, 0.6) is 23.0 Å². The average Bonchev–Trinajstić information content (AvgIpc) is 2.58. The molecule has 0 aliphatic carbocycles. The first-order valence-electron chi connectivity index (χ1n) is 7.56. The summed E-state index contributed by atoms with van der Waals surface area (Å²) < 4.78 is 1.32. The molecule has 26 heavy (non-hydrogen) atoms. The zero-order valence-electron chi connectivity index (χ0n) is 13.3. The van der Waals surface area contributed by atoms with Gasteiger partial charge in [0.05, 0.1) is 8.95 Å². The second-order valence-electron chi connectivity index (χ2n) is 5.67. The molecule has 132 valence electrons. The molecule has 0 saturated heterocycles. The van der Waals surface area contributed by atoms with Gasteiger partial charge in [0.1, 0.15) is 23.0 Å². The zero-order chi connectivity index (χ0) is 18.8. The summed E-state index contributed by atoms with van der Waals surface area (Å²) in [5.74, 6) is 0.764. The van der Waals surface area contributed by atoms with E-state index < -0.39 is 0 Å². The van der Waals surface area contributed by atoms with Gasteiger partial charge in [-0.1, -0.05) is 12.1 Å². The van der Waals surface area contributed by atoms with Gasteiger partial charge in [-0.05, 0) is 102 Å². The van der Waals surface area contributed by atoms with Gasteiger partial charge in [-0.3, -0.25) is 0 Å². The van der Waals surface area contributed by atoms with E-state index in [0.717, 1.165) is 21.5 Å². The Morgan fingerprint density at radius 2 is 0.846 bits per heavy atom. The summed E-state index contributed by atoms with van der Waals surface area (Å²) in [6, 6.07) is 16.9. The highest BCUT2D eigenvalue weighted by atomic mass is 79.9. The first-order valence-corrected chi connectivity index (χ1v) is 9.14. The van der Waals surface area contributed by atoms with Gasteiger partial charge >= 0.3 is 0 Å². The fourth-order valence-corrected chi connectivity index (χ4v) is 3.21. The second kappa shape index (κ2) is 7.43. The highest BCUT2D eigenvalue weighted by Gasteiger charge is 2.02. The van der Waals surface area contributed by atoms with Crippen molar-refractivity contribution in [3.05, 3.63) is 69.6 Å². The van der Waals surface area contributed by atoms with Gasteiger partial charge in [-0.15, -0.1) is 0 Å². The Labute approximate surface area is 166 Å². The van der Waals surface area contributed by atoms with Crippen molar-refractivity contribution in [2.24, 2.45) is 0 Å². The van der Waals surface area contributed by atoms with E-state index in [9.17, 15) is 20.4 Å². The predicted octanol–water partition coefficient (Wildman–Crippen LogP) is 6.03. The van der Waals surface area contributed by atoms with E-state index in [1.54, 1.807) is 48.5 Å². The van der Waals surface area contributed by atoms with Crippen molar-refractivity contribution < 1.29 is 20.4 Å². The molecule has 0 aromatic heterocycles. The quantitative estimate of drug-likeness (QED) is 0.249.